The highest BCUT2D eigenvalue weighted by molar-refractivity contribution is 7.99. The SMILES string of the molecule is CC(C(=O)O[C@H]1C[N+]2(CCCOc3ccccc3)CCC1CC2)(c1ccccc1)N1CCSCC1.[Br-]. The van der Waals surface area contributed by atoms with Crippen molar-refractivity contribution in [1.82, 2.24) is 4.90 Å². The fourth-order valence-electron chi connectivity index (χ4n) is 6.23. The van der Waals surface area contributed by atoms with Crippen LogP contribution in [-0.4, -0.2) is 78.8 Å². The third kappa shape index (κ3) is 5.95. The van der Waals surface area contributed by atoms with E-state index in [1.807, 2.05) is 60.3 Å². The van der Waals surface area contributed by atoms with Crippen molar-refractivity contribution in [1.29, 1.82) is 0 Å². The molecule has 0 saturated carbocycles. The molecule has 0 spiro atoms. The molecule has 4 aliphatic heterocycles. The van der Waals surface area contributed by atoms with Gasteiger partial charge in [-0.05, 0) is 24.6 Å². The van der Waals surface area contributed by atoms with Crippen LogP contribution in [-0.2, 0) is 15.1 Å². The molecule has 2 atom stereocenters. The number of benzene rings is 2. The standard InChI is InChI=1S/C29H39N2O3S.BrH/c1-29(25-9-4-2-5-10-25,30-15-21-35-22-16-30)28(32)34-27-23-31(18-13-24(27)14-19-31)17-8-20-33-26-11-6-3-7-12-26;/h2-7,9-12,24,27H,8,13-23H2,1H3;1H/q+1;/p-1/t24?,27-,29?,31?;/m0./s1. The van der Waals surface area contributed by atoms with Gasteiger partial charge in [0.25, 0.3) is 0 Å². The molecule has 6 rings (SSSR count). The molecule has 36 heavy (non-hydrogen) atoms. The number of hydrogen-bond donors (Lipinski definition) is 0. The third-order valence-corrected chi connectivity index (χ3v) is 9.41. The summed E-state index contributed by atoms with van der Waals surface area (Å²) in [6.45, 7) is 9.08. The number of thioether (sulfide) groups is 1. The summed E-state index contributed by atoms with van der Waals surface area (Å²) >= 11 is 1.97. The van der Waals surface area contributed by atoms with Crippen molar-refractivity contribution < 1.29 is 35.7 Å². The largest absolute Gasteiger partial charge is 1.00 e. The van der Waals surface area contributed by atoms with Crippen LogP contribution in [0.3, 0.4) is 0 Å². The quantitative estimate of drug-likeness (QED) is 0.258. The van der Waals surface area contributed by atoms with Gasteiger partial charge in [-0.15, -0.1) is 0 Å². The molecule has 2 aromatic rings. The number of ether oxygens (including phenoxy) is 2. The average Bonchev–Trinajstić information content (AvgIpc) is 2.93. The maximum Gasteiger partial charge on any atom is 0.331 e. The zero-order valence-corrected chi connectivity index (χ0v) is 23.7. The van der Waals surface area contributed by atoms with Crippen LogP contribution in [0, 0.1) is 5.92 Å². The van der Waals surface area contributed by atoms with Crippen molar-refractivity contribution >= 4 is 17.7 Å². The van der Waals surface area contributed by atoms with Gasteiger partial charge in [0.15, 0.2) is 6.10 Å². The van der Waals surface area contributed by atoms with Gasteiger partial charge in [-0.3, -0.25) is 4.90 Å². The molecular weight excluding hydrogens is 536 g/mol. The van der Waals surface area contributed by atoms with Gasteiger partial charge in [-0.1, -0.05) is 48.5 Å². The molecule has 0 aliphatic carbocycles. The second-order valence-electron chi connectivity index (χ2n) is 10.5. The minimum Gasteiger partial charge on any atom is -1.00 e. The van der Waals surface area contributed by atoms with Gasteiger partial charge in [-0.2, -0.15) is 11.8 Å². The number of halogens is 1. The number of quaternary nitrogens is 1. The lowest BCUT2D eigenvalue weighted by Gasteiger charge is -2.52. The van der Waals surface area contributed by atoms with E-state index in [1.54, 1.807) is 0 Å². The van der Waals surface area contributed by atoms with Crippen molar-refractivity contribution in [3.63, 3.8) is 0 Å². The van der Waals surface area contributed by atoms with Gasteiger partial charge in [0, 0.05) is 49.8 Å². The van der Waals surface area contributed by atoms with E-state index in [2.05, 4.69) is 24.0 Å². The fraction of sp³-hybridized carbons (Fsp3) is 0.552. The smallest absolute Gasteiger partial charge is 0.331 e. The Morgan fingerprint density at radius 2 is 1.67 bits per heavy atom. The molecule has 0 N–H and O–H groups in total. The van der Waals surface area contributed by atoms with Gasteiger partial charge in [-0.25, -0.2) is 4.79 Å². The fourth-order valence-corrected chi connectivity index (χ4v) is 7.13. The second-order valence-corrected chi connectivity index (χ2v) is 11.8. The minimum absolute atomic E-state index is 0. The minimum atomic E-state index is -0.734. The first kappa shape index (κ1) is 27.5. The number of nitrogens with zero attached hydrogens (tertiary/aromatic N) is 2. The number of fused-ring (bicyclic) bond motifs is 3. The number of para-hydroxylation sites is 1. The van der Waals surface area contributed by atoms with Crippen LogP contribution >= 0.6 is 11.8 Å². The zero-order valence-electron chi connectivity index (χ0n) is 21.3. The molecule has 2 aromatic carbocycles. The van der Waals surface area contributed by atoms with E-state index in [0.717, 1.165) is 79.4 Å². The highest BCUT2D eigenvalue weighted by atomic mass is 79.9. The molecule has 196 valence electrons. The van der Waals surface area contributed by atoms with E-state index in [9.17, 15) is 4.79 Å². The molecule has 4 heterocycles. The van der Waals surface area contributed by atoms with Gasteiger partial charge < -0.3 is 30.9 Å². The summed E-state index contributed by atoms with van der Waals surface area (Å²) in [5.74, 6) is 3.49. The average molecular weight is 576 g/mol. The molecule has 4 fully saturated rings. The van der Waals surface area contributed by atoms with Gasteiger partial charge >= 0.3 is 5.97 Å². The maximum atomic E-state index is 13.9. The normalized spacial score (nSPS) is 27.5. The predicted octanol–water partition coefficient (Wildman–Crippen LogP) is 1.58. The Morgan fingerprint density at radius 1 is 1.03 bits per heavy atom. The lowest BCUT2D eigenvalue weighted by molar-refractivity contribution is -0.946. The summed E-state index contributed by atoms with van der Waals surface area (Å²) in [5.41, 5.74) is 0.308. The van der Waals surface area contributed by atoms with E-state index >= 15 is 0 Å². The molecule has 1 unspecified atom stereocenters. The monoisotopic (exact) mass is 574 g/mol. The Labute approximate surface area is 230 Å². The summed E-state index contributed by atoms with van der Waals surface area (Å²) in [4.78, 5) is 16.3. The summed E-state index contributed by atoms with van der Waals surface area (Å²) < 4.78 is 13.5. The van der Waals surface area contributed by atoms with Crippen LogP contribution < -0.4 is 21.7 Å². The molecule has 0 radical (unpaired) electrons. The Morgan fingerprint density at radius 3 is 2.33 bits per heavy atom. The number of hydrogen-bond acceptors (Lipinski definition) is 5. The van der Waals surface area contributed by atoms with Crippen LogP contribution in [0.1, 0.15) is 31.7 Å². The molecule has 0 amide bonds. The molecular formula is C29H39BrN2O3S. The topological polar surface area (TPSA) is 38.8 Å². The first-order chi connectivity index (χ1) is 17.1. The Kier molecular flexibility index (Phi) is 9.42. The Bertz CT molecular complexity index is 965. The van der Waals surface area contributed by atoms with Crippen LogP contribution in [0.5, 0.6) is 5.75 Å². The molecule has 4 saturated heterocycles. The summed E-state index contributed by atoms with van der Waals surface area (Å²) in [7, 11) is 0. The molecule has 5 nitrogen and oxygen atoms in total. The van der Waals surface area contributed by atoms with Crippen molar-refractivity contribution in [3.05, 3.63) is 66.2 Å². The predicted molar refractivity (Wildman–Crippen MR) is 142 cm³/mol. The lowest BCUT2D eigenvalue weighted by atomic mass is 9.82. The van der Waals surface area contributed by atoms with Crippen LogP contribution in [0.2, 0.25) is 0 Å². The van der Waals surface area contributed by atoms with E-state index < -0.39 is 5.54 Å². The molecule has 2 bridgehead atoms. The highest BCUT2D eigenvalue weighted by Crippen LogP contribution is 2.38. The highest BCUT2D eigenvalue weighted by Gasteiger charge is 2.50. The summed E-state index contributed by atoms with van der Waals surface area (Å²) in [5, 5.41) is 0. The summed E-state index contributed by atoms with van der Waals surface area (Å²) in [6, 6.07) is 20.3. The number of carbonyl (C=O) groups is 1. The maximum absolute atomic E-state index is 13.9. The van der Waals surface area contributed by atoms with Crippen LogP contribution in [0.4, 0.5) is 0 Å². The molecule has 7 heteroatoms. The first-order valence-electron chi connectivity index (χ1n) is 13.2. The zero-order chi connectivity index (χ0) is 24.1. The van der Waals surface area contributed by atoms with E-state index in [-0.39, 0.29) is 29.1 Å². The van der Waals surface area contributed by atoms with Crippen LogP contribution in [0.25, 0.3) is 0 Å². The van der Waals surface area contributed by atoms with Gasteiger partial charge in [0.2, 0.25) is 0 Å². The van der Waals surface area contributed by atoms with Crippen molar-refractivity contribution in [2.24, 2.45) is 5.92 Å². The number of rotatable bonds is 9. The number of esters is 1. The van der Waals surface area contributed by atoms with Crippen molar-refractivity contribution in [3.8, 4) is 5.75 Å². The Hall–Kier alpha value is -1.54. The number of carbonyl (C=O) groups excluding carboxylic acids is 1. The number of piperidine rings is 3. The second kappa shape index (κ2) is 12.3. The Balaban J connectivity index is 0.00000304. The lowest BCUT2D eigenvalue weighted by Crippen LogP contribution is -3.00. The van der Waals surface area contributed by atoms with E-state index in [4.69, 9.17) is 9.47 Å². The third-order valence-electron chi connectivity index (χ3n) is 8.47. The summed E-state index contributed by atoms with van der Waals surface area (Å²) in [6.07, 6.45) is 3.34. The molecule has 4 aliphatic rings. The first-order valence-corrected chi connectivity index (χ1v) is 14.4. The van der Waals surface area contributed by atoms with Crippen molar-refractivity contribution in [2.75, 3.05) is 57.4 Å². The van der Waals surface area contributed by atoms with Crippen molar-refractivity contribution in [2.45, 2.75) is 37.8 Å². The van der Waals surface area contributed by atoms with Crippen LogP contribution in [0.15, 0.2) is 60.7 Å². The van der Waals surface area contributed by atoms with E-state index in [1.165, 1.54) is 13.1 Å². The van der Waals surface area contributed by atoms with Gasteiger partial charge in [0.1, 0.15) is 17.8 Å². The molecule has 0 aromatic heterocycles. The van der Waals surface area contributed by atoms with E-state index in [0.29, 0.717) is 5.92 Å². The van der Waals surface area contributed by atoms with Gasteiger partial charge in [0.05, 0.1) is 26.2 Å².